The molecule has 0 aliphatic rings. The molecule has 0 radical (unpaired) electrons. The fourth-order valence-electron chi connectivity index (χ4n) is 3.19. The largest absolute Gasteiger partial charge is 0.497 e. The first-order valence-corrected chi connectivity index (χ1v) is 9.42. The van der Waals surface area contributed by atoms with E-state index in [1.54, 1.807) is 18.4 Å². The Balaban J connectivity index is 1.80. The molecule has 1 amide bonds. The molecule has 0 saturated heterocycles. The van der Waals surface area contributed by atoms with Crippen LogP contribution < -0.4 is 10.1 Å². The highest BCUT2D eigenvalue weighted by atomic mass is 32.1. The summed E-state index contributed by atoms with van der Waals surface area (Å²) in [5.74, 6) is 0.722. The fourth-order valence-corrected chi connectivity index (χ4v) is 4.31. The number of hydrogen-bond acceptors (Lipinski definition) is 4. The number of fused-ring (bicyclic) bond motifs is 1. The lowest BCUT2D eigenvalue weighted by Gasteiger charge is -2.24. The summed E-state index contributed by atoms with van der Waals surface area (Å²) in [4.78, 5) is 16.2. The molecule has 1 N–H and O–H groups in total. The normalized spacial score (nSPS) is 12.5. The monoisotopic (exact) mass is 371 g/mol. The zero-order valence-electron chi connectivity index (χ0n) is 15.9. The van der Waals surface area contributed by atoms with Gasteiger partial charge in [0.1, 0.15) is 11.4 Å². The molecule has 138 valence electrons. The molecule has 3 aromatic rings. The quantitative estimate of drug-likeness (QED) is 0.720. The summed E-state index contributed by atoms with van der Waals surface area (Å²) < 4.78 is 7.20. The van der Waals surface area contributed by atoms with Crippen LogP contribution in [-0.2, 0) is 7.05 Å². The maximum absolute atomic E-state index is 12.8. The number of aryl methyl sites for hydroxylation is 2. The van der Waals surface area contributed by atoms with Crippen molar-refractivity contribution >= 4 is 28.1 Å². The summed E-state index contributed by atoms with van der Waals surface area (Å²) in [6.07, 6.45) is 0. The summed E-state index contributed by atoms with van der Waals surface area (Å²) >= 11 is 1.73. The molecule has 0 fully saturated rings. The molecule has 2 aromatic heterocycles. The zero-order valence-corrected chi connectivity index (χ0v) is 16.7. The Morgan fingerprint density at radius 1 is 1.31 bits per heavy atom. The van der Waals surface area contributed by atoms with Gasteiger partial charge in [-0.15, -0.1) is 11.3 Å². The summed E-state index contributed by atoms with van der Waals surface area (Å²) in [5.41, 5.74) is 2.92. The van der Waals surface area contributed by atoms with E-state index in [1.165, 1.54) is 10.4 Å². The van der Waals surface area contributed by atoms with Gasteiger partial charge in [0.15, 0.2) is 0 Å². The SMILES string of the molecule is COc1ccc2c(c1)cc(C(=O)NC[C@H](c1sccc1C)N(C)C)n2C. The number of amides is 1. The Labute approximate surface area is 158 Å². The molecule has 1 atom stereocenters. The van der Waals surface area contributed by atoms with Gasteiger partial charge in [0.2, 0.25) is 0 Å². The lowest BCUT2D eigenvalue weighted by atomic mass is 10.1. The third-order valence-electron chi connectivity index (χ3n) is 4.77. The average Bonchev–Trinajstić information content (AvgIpc) is 3.18. The van der Waals surface area contributed by atoms with Crippen LogP contribution in [0.3, 0.4) is 0 Å². The molecule has 0 unspecified atom stereocenters. The molecule has 0 spiro atoms. The maximum Gasteiger partial charge on any atom is 0.267 e. The Hall–Kier alpha value is -2.31. The summed E-state index contributed by atoms with van der Waals surface area (Å²) in [6.45, 7) is 2.68. The van der Waals surface area contributed by atoms with Crippen molar-refractivity contribution in [1.29, 1.82) is 0 Å². The standard InChI is InChI=1S/C20H25N3O2S/c1-13-8-9-26-19(13)18(22(2)3)12-21-20(24)17-11-14-10-15(25-5)6-7-16(14)23(17)4/h6-11,18H,12H2,1-5H3,(H,21,24)/t18-/m1/s1. The maximum atomic E-state index is 12.8. The van der Waals surface area contributed by atoms with Crippen molar-refractivity contribution in [3.8, 4) is 5.75 Å². The van der Waals surface area contributed by atoms with Gasteiger partial charge in [0.05, 0.1) is 13.2 Å². The van der Waals surface area contributed by atoms with Gasteiger partial charge in [-0.2, -0.15) is 0 Å². The second kappa shape index (κ2) is 7.51. The minimum atomic E-state index is -0.0660. The Morgan fingerprint density at radius 3 is 2.69 bits per heavy atom. The number of carbonyl (C=O) groups is 1. The summed E-state index contributed by atoms with van der Waals surface area (Å²) in [6, 6.07) is 10.0. The third-order valence-corrected chi connectivity index (χ3v) is 5.89. The van der Waals surface area contributed by atoms with E-state index in [0.717, 1.165) is 16.7 Å². The highest BCUT2D eigenvalue weighted by molar-refractivity contribution is 7.10. The number of methoxy groups -OCH3 is 1. The van der Waals surface area contributed by atoms with Gasteiger partial charge in [0.25, 0.3) is 5.91 Å². The van der Waals surface area contributed by atoms with Crippen LogP contribution in [0.25, 0.3) is 10.9 Å². The highest BCUT2D eigenvalue weighted by Crippen LogP contribution is 2.27. The molecule has 0 aliphatic carbocycles. The number of rotatable bonds is 6. The molecule has 3 rings (SSSR count). The smallest absolute Gasteiger partial charge is 0.267 e. The van der Waals surface area contributed by atoms with Crippen molar-refractivity contribution in [3.05, 3.63) is 51.8 Å². The molecule has 6 heteroatoms. The Kier molecular flexibility index (Phi) is 5.34. The number of benzene rings is 1. The van der Waals surface area contributed by atoms with E-state index in [4.69, 9.17) is 4.74 Å². The number of ether oxygens (including phenoxy) is 1. The number of likely N-dealkylation sites (N-methyl/N-ethyl adjacent to an activating group) is 1. The van der Waals surface area contributed by atoms with Crippen molar-refractivity contribution in [3.63, 3.8) is 0 Å². The predicted molar refractivity (Wildman–Crippen MR) is 107 cm³/mol. The molecular weight excluding hydrogens is 346 g/mol. The number of carbonyl (C=O) groups excluding carboxylic acids is 1. The molecule has 0 bridgehead atoms. The zero-order chi connectivity index (χ0) is 18.8. The summed E-state index contributed by atoms with van der Waals surface area (Å²) in [7, 11) is 7.64. The molecular formula is C20H25N3O2S. The van der Waals surface area contributed by atoms with E-state index in [-0.39, 0.29) is 11.9 Å². The number of thiophene rings is 1. The molecule has 26 heavy (non-hydrogen) atoms. The van der Waals surface area contributed by atoms with Gasteiger partial charge in [-0.3, -0.25) is 4.79 Å². The molecule has 1 aromatic carbocycles. The fraction of sp³-hybridized carbons (Fsp3) is 0.350. The van der Waals surface area contributed by atoms with E-state index in [1.807, 2.05) is 50.0 Å². The first-order valence-electron chi connectivity index (χ1n) is 8.54. The van der Waals surface area contributed by atoms with Crippen LogP contribution in [0, 0.1) is 6.92 Å². The molecule has 5 nitrogen and oxygen atoms in total. The lowest BCUT2D eigenvalue weighted by Crippen LogP contribution is -2.35. The number of nitrogens with one attached hydrogen (secondary N) is 1. The van der Waals surface area contributed by atoms with Crippen LogP contribution in [0.5, 0.6) is 5.75 Å². The van der Waals surface area contributed by atoms with Crippen LogP contribution in [0.15, 0.2) is 35.7 Å². The van der Waals surface area contributed by atoms with Crippen molar-refractivity contribution in [2.24, 2.45) is 7.05 Å². The van der Waals surface area contributed by atoms with Crippen LogP contribution in [-0.4, -0.2) is 43.1 Å². The van der Waals surface area contributed by atoms with Gasteiger partial charge < -0.3 is 19.5 Å². The van der Waals surface area contributed by atoms with Crippen molar-refractivity contribution in [2.75, 3.05) is 27.7 Å². The van der Waals surface area contributed by atoms with E-state index in [2.05, 4.69) is 28.6 Å². The lowest BCUT2D eigenvalue weighted by molar-refractivity contribution is 0.0934. The van der Waals surface area contributed by atoms with Crippen molar-refractivity contribution in [2.45, 2.75) is 13.0 Å². The van der Waals surface area contributed by atoms with Gasteiger partial charge in [-0.1, -0.05) is 0 Å². The van der Waals surface area contributed by atoms with Crippen LogP contribution in [0.4, 0.5) is 0 Å². The minimum Gasteiger partial charge on any atom is -0.497 e. The highest BCUT2D eigenvalue weighted by Gasteiger charge is 2.20. The third kappa shape index (κ3) is 3.48. The van der Waals surface area contributed by atoms with Gasteiger partial charge in [-0.05, 0) is 62.3 Å². The Morgan fingerprint density at radius 2 is 2.08 bits per heavy atom. The summed E-state index contributed by atoms with van der Waals surface area (Å²) in [5, 5.41) is 6.19. The molecule has 0 aliphatic heterocycles. The van der Waals surface area contributed by atoms with Gasteiger partial charge in [-0.25, -0.2) is 0 Å². The van der Waals surface area contributed by atoms with Crippen molar-refractivity contribution in [1.82, 2.24) is 14.8 Å². The van der Waals surface area contributed by atoms with Crippen LogP contribution in [0.1, 0.15) is 27.0 Å². The topological polar surface area (TPSA) is 46.5 Å². The van der Waals surface area contributed by atoms with Gasteiger partial charge >= 0.3 is 0 Å². The van der Waals surface area contributed by atoms with Gasteiger partial charge in [0, 0.05) is 29.4 Å². The van der Waals surface area contributed by atoms with Crippen LogP contribution >= 0.6 is 11.3 Å². The first-order chi connectivity index (χ1) is 12.4. The number of nitrogens with zero attached hydrogens (tertiary/aromatic N) is 2. The number of aromatic nitrogens is 1. The molecule has 0 saturated carbocycles. The average molecular weight is 372 g/mol. The van der Waals surface area contributed by atoms with E-state index >= 15 is 0 Å². The minimum absolute atomic E-state index is 0.0660. The van der Waals surface area contributed by atoms with E-state index in [9.17, 15) is 4.79 Å². The van der Waals surface area contributed by atoms with E-state index < -0.39 is 0 Å². The van der Waals surface area contributed by atoms with E-state index in [0.29, 0.717) is 12.2 Å². The first kappa shape index (κ1) is 18.5. The second-order valence-electron chi connectivity index (χ2n) is 6.67. The second-order valence-corrected chi connectivity index (χ2v) is 7.62. The number of hydrogen-bond donors (Lipinski definition) is 1. The van der Waals surface area contributed by atoms with Crippen LogP contribution in [0.2, 0.25) is 0 Å². The van der Waals surface area contributed by atoms with Crippen molar-refractivity contribution < 1.29 is 9.53 Å². The molecule has 2 heterocycles. The predicted octanol–water partition coefficient (Wildman–Crippen LogP) is 3.59. The Bertz CT molecular complexity index is 926.